The minimum Gasteiger partial charge on any atom is -0.467 e. The molecule has 0 aliphatic carbocycles. The number of nitrogens with zero attached hydrogens (tertiary/aromatic N) is 3. The van der Waals surface area contributed by atoms with Crippen LogP contribution in [0.2, 0.25) is 10.4 Å². The van der Waals surface area contributed by atoms with Crippen molar-refractivity contribution in [3.05, 3.63) is 10.4 Å². The lowest BCUT2D eigenvalue weighted by Gasteiger charge is -2.11. The number of hydrogen-bond donors (Lipinski definition) is 1. The zero-order valence-electron chi connectivity index (χ0n) is 7.99. The molecule has 1 atom stereocenters. The van der Waals surface area contributed by atoms with Gasteiger partial charge in [0, 0.05) is 0 Å². The molecule has 1 aromatic rings. The summed E-state index contributed by atoms with van der Waals surface area (Å²) in [6.07, 6.45) is 0. The Hall–Kier alpha value is -1.14. The van der Waals surface area contributed by atoms with Gasteiger partial charge in [0.05, 0.1) is 7.11 Å². The number of carbonyl (C=O) groups is 1. The fourth-order valence-electron chi connectivity index (χ4n) is 0.826. The number of halogens is 2. The summed E-state index contributed by atoms with van der Waals surface area (Å²) >= 11 is 11.2. The zero-order chi connectivity index (χ0) is 11.4. The number of methoxy groups -OCH3 is 1. The maximum Gasteiger partial charge on any atom is 0.328 e. The number of ether oxygens (including phenoxy) is 1. The van der Waals surface area contributed by atoms with Gasteiger partial charge in [0.1, 0.15) is 6.04 Å². The molecular weight excluding hydrogens is 243 g/mol. The Labute approximate surface area is 96.0 Å². The Morgan fingerprint density at radius 3 is 2.73 bits per heavy atom. The second-order valence-corrected chi connectivity index (χ2v) is 3.31. The molecule has 0 aliphatic heterocycles. The van der Waals surface area contributed by atoms with Gasteiger partial charge in [0.2, 0.25) is 5.28 Å². The Morgan fingerprint density at radius 2 is 2.13 bits per heavy atom. The SMILES string of the molecule is COC(=O)C(C)Nc1nc(Cl)nnc1Cl. The van der Waals surface area contributed by atoms with Crippen LogP contribution in [0.1, 0.15) is 6.92 Å². The summed E-state index contributed by atoms with van der Waals surface area (Å²) in [6.45, 7) is 1.60. The largest absolute Gasteiger partial charge is 0.467 e. The Bertz CT molecular complexity index is 374. The summed E-state index contributed by atoms with van der Waals surface area (Å²) in [5.41, 5.74) is 0. The van der Waals surface area contributed by atoms with Crippen molar-refractivity contribution in [2.45, 2.75) is 13.0 Å². The molecule has 0 spiro atoms. The van der Waals surface area contributed by atoms with Crippen LogP contribution < -0.4 is 5.32 Å². The van der Waals surface area contributed by atoms with Crippen LogP contribution in [0.5, 0.6) is 0 Å². The number of carbonyl (C=O) groups excluding carboxylic acids is 1. The van der Waals surface area contributed by atoms with E-state index in [1.807, 2.05) is 0 Å². The molecule has 1 unspecified atom stereocenters. The van der Waals surface area contributed by atoms with E-state index in [4.69, 9.17) is 23.2 Å². The molecule has 0 bridgehead atoms. The Balaban J connectivity index is 2.80. The number of aromatic nitrogens is 3. The maximum atomic E-state index is 11.1. The van der Waals surface area contributed by atoms with Crippen LogP contribution in [-0.4, -0.2) is 34.3 Å². The zero-order valence-corrected chi connectivity index (χ0v) is 9.50. The van der Waals surface area contributed by atoms with Gasteiger partial charge in [-0.15, -0.1) is 10.2 Å². The second kappa shape index (κ2) is 5.09. The summed E-state index contributed by atoms with van der Waals surface area (Å²) in [7, 11) is 1.29. The molecule has 1 heterocycles. The van der Waals surface area contributed by atoms with E-state index in [1.54, 1.807) is 6.92 Å². The standard InChI is InChI=1S/C7H8Cl2N4O2/c1-3(6(14)15-2)10-5-4(8)12-13-7(9)11-5/h3H,1-2H3,(H,10,11,13). The van der Waals surface area contributed by atoms with E-state index in [0.717, 1.165) is 0 Å². The lowest BCUT2D eigenvalue weighted by Crippen LogP contribution is -2.28. The maximum absolute atomic E-state index is 11.1. The van der Waals surface area contributed by atoms with E-state index in [-0.39, 0.29) is 16.3 Å². The summed E-state index contributed by atoms with van der Waals surface area (Å²) < 4.78 is 4.51. The van der Waals surface area contributed by atoms with E-state index in [9.17, 15) is 4.79 Å². The van der Waals surface area contributed by atoms with Crippen LogP contribution in [-0.2, 0) is 9.53 Å². The third-order valence-corrected chi connectivity index (χ3v) is 1.94. The van der Waals surface area contributed by atoms with Crippen molar-refractivity contribution < 1.29 is 9.53 Å². The molecule has 0 amide bonds. The average Bonchev–Trinajstić information content (AvgIpc) is 2.22. The van der Waals surface area contributed by atoms with Gasteiger partial charge in [-0.25, -0.2) is 4.79 Å². The number of hydrogen-bond acceptors (Lipinski definition) is 6. The predicted molar refractivity (Wildman–Crippen MR) is 54.9 cm³/mol. The lowest BCUT2D eigenvalue weighted by molar-refractivity contribution is -0.141. The fourth-order valence-corrected chi connectivity index (χ4v) is 1.08. The van der Waals surface area contributed by atoms with E-state index >= 15 is 0 Å². The quantitative estimate of drug-likeness (QED) is 0.812. The highest BCUT2D eigenvalue weighted by Gasteiger charge is 2.16. The monoisotopic (exact) mass is 250 g/mol. The summed E-state index contributed by atoms with van der Waals surface area (Å²) in [4.78, 5) is 14.9. The third-order valence-electron chi connectivity index (χ3n) is 1.53. The number of nitrogens with one attached hydrogen (secondary N) is 1. The minimum atomic E-state index is -0.597. The van der Waals surface area contributed by atoms with Crippen LogP contribution in [0, 0.1) is 0 Å². The van der Waals surface area contributed by atoms with Crippen LogP contribution in [0.15, 0.2) is 0 Å². The molecule has 0 aliphatic rings. The van der Waals surface area contributed by atoms with Crippen molar-refractivity contribution in [3.63, 3.8) is 0 Å². The van der Waals surface area contributed by atoms with Crippen molar-refractivity contribution >= 4 is 35.0 Å². The summed E-state index contributed by atoms with van der Waals surface area (Å²) in [6, 6.07) is -0.597. The molecule has 0 saturated heterocycles. The lowest BCUT2D eigenvalue weighted by atomic mass is 10.3. The van der Waals surface area contributed by atoms with Gasteiger partial charge in [0.25, 0.3) is 0 Å². The third kappa shape index (κ3) is 3.17. The van der Waals surface area contributed by atoms with Gasteiger partial charge in [-0.05, 0) is 18.5 Å². The van der Waals surface area contributed by atoms with Crippen molar-refractivity contribution in [1.82, 2.24) is 15.2 Å². The molecule has 8 heteroatoms. The molecule has 0 saturated carbocycles. The molecule has 0 aromatic carbocycles. The molecule has 1 N–H and O–H groups in total. The fraction of sp³-hybridized carbons (Fsp3) is 0.429. The van der Waals surface area contributed by atoms with Crippen molar-refractivity contribution in [2.24, 2.45) is 0 Å². The van der Waals surface area contributed by atoms with Crippen molar-refractivity contribution in [3.8, 4) is 0 Å². The first kappa shape index (κ1) is 11.9. The molecule has 15 heavy (non-hydrogen) atoms. The van der Waals surface area contributed by atoms with Crippen LogP contribution in [0.4, 0.5) is 5.82 Å². The first-order valence-electron chi connectivity index (χ1n) is 3.94. The smallest absolute Gasteiger partial charge is 0.328 e. The molecule has 0 fully saturated rings. The molecule has 82 valence electrons. The van der Waals surface area contributed by atoms with Gasteiger partial charge in [-0.3, -0.25) is 0 Å². The van der Waals surface area contributed by atoms with Gasteiger partial charge in [0.15, 0.2) is 11.0 Å². The van der Waals surface area contributed by atoms with Crippen LogP contribution in [0.25, 0.3) is 0 Å². The summed E-state index contributed by atoms with van der Waals surface area (Å²) in [5, 5.41) is 9.63. The van der Waals surface area contributed by atoms with Gasteiger partial charge in [-0.1, -0.05) is 11.6 Å². The average molecular weight is 251 g/mol. The van der Waals surface area contributed by atoms with Crippen LogP contribution >= 0.6 is 23.2 Å². The Morgan fingerprint density at radius 1 is 1.47 bits per heavy atom. The van der Waals surface area contributed by atoms with E-state index < -0.39 is 12.0 Å². The molecule has 1 rings (SSSR count). The Kier molecular flexibility index (Phi) is 4.05. The van der Waals surface area contributed by atoms with Crippen molar-refractivity contribution in [1.29, 1.82) is 0 Å². The first-order chi connectivity index (χ1) is 7.04. The highest BCUT2D eigenvalue weighted by Crippen LogP contribution is 2.17. The van der Waals surface area contributed by atoms with Crippen molar-refractivity contribution in [2.75, 3.05) is 12.4 Å². The highest BCUT2D eigenvalue weighted by atomic mass is 35.5. The van der Waals surface area contributed by atoms with E-state index in [0.29, 0.717) is 0 Å². The van der Waals surface area contributed by atoms with E-state index in [1.165, 1.54) is 7.11 Å². The topological polar surface area (TPSA) is 77.0 Å². The van der Waals surface area contributed by atoms with Gasteiger partial charge in [-0.2, -0.15) is 4.98 Å². The number of esters is 1. The molecule has 0 radical (unpaired) electrons. The number of rotatable bonds is 3. The summed E-state index contributed by atoms with van der Waals surface area (Å²) in [5.74, 6) is -0.254. The van der Waals surface area contributed by atoms with E-state index in [2.05, 4.69) is 25.2 Å². The molecule has 6 nitrogen and oxygen atoms in total. The second-order valence-electron chi connectivity index (χ2n) is 2.61. The normalized spacial score (nSPS) is 12.0. The minimum absolute atomic E-state index is 0.0372. The van der Waals surface area contributed by atoms with Crippen LogP contribution in [0.3, 0.4) is 0 Å². The molecule has 1 aromatic heterocycles. The highest BCUT2D eigenvalue weighted by molar-refractivity contribution is 6.32. The first-order valence-corrected chi connectivity index (χ1v) is 4.70. The number of anilines is 1. The molecular formula is C7H8Cl2N4O2. The predicted octanol–water partition coefficient (Wildman–Crippen LogP) is 1.15. The van der Waals surface area contributed by atoms with Gasteiger partial charge >= 0.3 is 5.97 Å². The van der Waals surface area contributed by atoms with Gasteiger partial charge < -0.3 is 10.1 Å².